The third-order valence-corrected chi connectivity index (χ3v) is 4.42. The van der Waals surface area contributed by atoms with Crippen molar-refractivity contribution >= 4 is 21.8 Å². The van der Waals surface area contributed by atoms with Gasteiger partial charge in [0.15, 0.2) is 0 Å². The lowest BCUT2D eigenvalue weighted by Gasteiger charge is -2.14. The van der Waals surface area contributed by atoms with Crippen LogP contribution < -0.4 is 5.32 Å². The van der Waals surface area contributed by atoms with Crippen molar-refractivity contribution in [3.8, 4) is 0 Å². The summed E-state index contributed by atoms with van der Waals surface area (Å²) < 4.78 is 6.28. The quantitative estimate of drug-likeness (QED) is 0.931. The van der Waals surface area contributed by atoms with Gasteiger partial charge in [0.1, 0.15) is 0 Å². The standard InChI is InChI=1S/C14H18BrNO2/c1-9-12(4-3-5-13(9)15)14(17)16-10-6-7-11(8-10)18-2/h3-5,10-11H,6-8H2,1-2H3,(H,16,17). The highest BCUT2D eigenvalue weighted by molar-refractivity contribution is 9.10. The Bertz CT molecular complexity index is 447. The highest BCUT2D eigenvalue weighted by Gasteiger charge is 2.26. The Kier molecular flexibility index (Phi) is 4.40. The number of nitrogens with one attached hydrogen (secondary N) is 1. The molecule has 1 aliphatic rings. The summed E-state index contributed by atoms with van der Waals surface area (Å²) in [5.41, 5.74) is 1.72. The highest BCUT2D eigenvalue weighted by atomic mass is 79.9. The summed E-state index contributed by atoms with van der Waals surface area (Å²) in [6, 6.07) is 5.93. The van der Waals surface area contributed by atoms with Crippen LogP contribution >= 0.6 is 15.9 Å². The Morgan fingerprint density at radius 3 is 2.89 bits per heavy atom. The van der Waals surface area contributed by atoms with Crippen molar-refractivity contribution in [1.29, 1.82) is 0 Å². The third kappa shape index (κ3) is 2.93. The average molecular weight is 312 g/mol. The van der Waals surface area contributed by atoms with E-state index in [4.69, 9.17) is 4.74 Å². The average Bonchev–Trinajstić information content (AvgIpc) is 2.80. The number of halogens is 1. The molecule has 1 N–H and O–H groups in total. The smallest absolute Gasteiger partial charge is 0.251 e. The molecule has 2 unspecified atom stereocenters. The van der Waals surface area contributed by atoms with Crippen LogP contribution in [0.5, 0.6) is 0 Å². The highest BCUT2D eigenvalue weighted by Crippen LogP contribution is 2.23. The van der Waals surface area contributed by atoms with Crippen LogP contribution in [0.15, 0.2) is 22.7 Å². The van der Waals surface area contributed by atoms with Crippen molar-refractivity contribution in [2.75, 3.05) is 7.11 Å². The number of hydrogen-bond donors (Lipinski definition) is 1. The van der Waals surface area contributed by atoms with Crippen molar-refractivity contribution in [3.63, 3.8) is 0 Å². The Labute approximate surface area is 116 Å². The van der Waals surface area contributed by atoms with Crippen LogP contribution in [-0.4, -0.2) is 25.2 Å². The SMILES string of the molecule is COC1CCC(NC(=O)c2cccc(Br)c2C)C1. The van der Waals surface area contributed by atoms with Gasteiger partial charge in [0.25, 0.3) is 5.91 Å². The van der Waals surface area contributed by atoms with E-state index in [0.29, 0.717) is 6.10 Å². The van der Waals surface area contributed by atoms with Gasteiger partial charge in [0.2, 0.25) is 0 Å². The lowest BCUT2D eigenvalue weighted by Crippen LogP contribution is -2.33. The maximum atomic E-state index is 12.2. The summed E-state index contributed by atoms with van der Waals surface area (Å²) in [6.45, 7) is 1.95. The largest absolute Gasteiger partial charge is 0.381 e. The molecule has 4 heteroatoms. The van der Waals surface area contributed by atoms with E-state index >= 15 is 0 Å². The fraction of sp³-hybridized carbons (Fsp3) is 0.500. The van der Waals surface area contributed by atoms with E-state index in [9.17, 15) is 4.79 Å². The van der Waals surface area contributed by atoms with E-state index in [1.807, 2.05) is 25.1 Å². The molecule has 1 amide bonds. The lowest BCUT2D eigenvalue weighted by molar-refractivity contribution is 0.0914. The first-order chi connectivity index (χ1) is 8.61. The predicted molar refractivity (Wildman–Crippen MR) is 74.8 cm³/mol. The summed E-state index contributed by atoms with van der Waals surface area (Å²) in [6.07, 6.45) is 3.23. The molecule has 1 saturated carbocycles. The van der Waals surface area contributed by atoms with Crippen molar-refractivity contribution in [3.05, 3.63) is 33.8 Å². The Balaban J connectivity index is 2.02. The molecule has 0 spiro atoms. The Morgan fingerprint density at radius 2 is 2.22 bits per heavy atom. The van der Waals surface area contributed by atoms with Gasteiger partial charge in [-0.3, -0.25) is 4.79 Å². The molecule has 0 saturated heterocycles. The summed E-state index contributed by atoms with van der Waals surface area (Å²) in [5, 5.41) is 3.09. The molecule has 1 aliphatic carbocycles. The van der Waals surface area contributed by atoms with Crippen LogP contribution in [-0.2, 0) is 4.74 Å². The molecular weight excluding hydrogens is 294 g/mol. The minimum atomic E-state index is 0.00977. The summed E-state index contributed by atoms with van der Waals surface area (Å²) in [7, 11) is 1.73. The number of amides is 1. The molecule has 1 aromatic rings. The molecule has 98 valence electrons. The molecule has 2 rings (SSSR count). The number of ether oxygens (including phenoxy) is 1. The van der Waals surface area contributed by atoms with Gasteiger partial charge in [-0.1, -0.05) is 22.0 Å². The fourth-order valence-electron chi connectivity index (χ4n) is 2.40. The van der Waals surface area contributed by atoms with Crippen molar-refractivity contribution < 1.29 is 9.53 Å². The molecule has 0 aromatic heterocycles. The number of methoxy groups -OCH3 is 1. The van der Waals surface area contributed by atoms with Gasteiger partial charge in [-0.2, -0.15) is 0 Å². The third-order valence-electron chi connectivity index (χ3n) is 3.57. The molecule has 3 nitrogen and oxygen atoms in total. The molecule has 2 atom stereocenters. The van der Waals surface area contributed by atoms with E-state index in [0.717, 1.165) is 34.9 Å². The van der Waals surface area contributed by atoms with Gasteiger partial charge in [-0.15, -0.1) is 0 Å². The fourth-order valence-corrected chi connectivity index (χ4v) is 2.77. The van der Waals surface area contributed by atoms with Crippen LogP contribution in [0.2, 0.25) is 0 Å². The van der Waals surface area contributed by atoms with E-state index < -0.39 is 0 Å². The molecular formula is C14H18BrNO2. The molecule has 1 fully saturated rings. The first-order valence-electron chi connectivity index (χ1n) is 6.20. The van der Waals surface area contributed by atoms with Crippen LogP contribution in [0.3, 0.4) is 0 Å². The zero-order valence-corrected chi connectivity index (χ0v) is 12.3. The second-order valence-electron chi connectivity index (χ2n) is 4.75. The minimum Gasteiger partial charge on any atom is -0.381 e. The Hall–Kier alpha value is -0.870. The number of hydrogen-bond acceptors (Lipinski definition) is 2. The normalized spacial score (nSPS) is 23.1. The molecule has 0 radical (unpaired) electrons. The molecule has 0 heterocycles. The molecule has 18 heavy (non-hydrogen) atoms. The van der Waals surface area contributed by atoms with Crippen molar-refractivity contribution in [2.45, 2.75) is 38.3 Å². The van der Waals surface area contributed by atoms with Gasteiger partial charge in [0, 0.05) is 23.2 Å². The first-order valence-corrected chi connectivity index (χ1v) is 7.00. The van der Waals surface area contributed by atoms with Crippen molar-refractivity contribution in [1.82, 2.24) is 5.32 Å². The minimum absolute atomic E-state index is 0.00977. The monoisotopic (exact) mass is 311 g/mol. The van der Waals surface area contributed by atoms with E-state index in [2.05, 4.69) is 21.2 Å². The number of carbonyl (C=O) groups excluding carboxylic acids is 1. The molecule has 1 aromatic carbocycles. The lowest BCUT2D eigenvalue weighted by atomic mass is 10.1. The van der Waals surface area contributed by atoms with E-state index in [-0.39, 0.29) is 11.9 Å². The molecule has 0 aliphatic heterocycles. The topological polar surface area (TPSA) is 38.3 Å². The maximum absolute atomic E-state index is 12.2. The number of benzene rings is 1. The zero-order valence-electron chi connectivity index (χ0n) is 10.7. The second kappa shape index (κ2) is 5.85. The Morgan fingerprint density at radius 1 is 1.44 bits per heavy atom. The number of rotatable bonds is 3. The van der Waals surface area contributed by atoms with E-state index in [1.165, 1.54) is 0 Å². The van der Waals surface area contributed by atoms with Crippen LogP contribution in [0.4, 0.5) is 0 Å². The summed E-state index contributed by atoms with van der Waals surface area (Å²) in [5.74, 6) is 0.00977. The maximum Gasteiger partial charge on any atom is 0.251 e. The molecule has 0 bridgehead atoms. The predicted octanol–water partition coefficient (Wildman–Crippen LogP) is 3.05. The van der Waals surface area contributed by atoms with Gasteiger partial charge >= 0.3 is 0 Å². The summed E-state index contributed by atoms with van der Waals surface area (Å²) >= 11 is 3.45. The van der Waals surface area contributed by atoms with Gasteiger partial charge < -0.3 is 10.1 Å². The number of carbonyl (C=O) groups is 1. The second-order valence-corrected chi connectivity index (χ2v) is 5.61. The van der Waals surface area contributed by atoms with Crippen LogP contribution in [0, 0.1) is 6.92 Å². The van der Waals surface area contributed by atoms with Crippen LogP contribution in [0.25, 0.3) is 0 Å². The van der Waals surface area contributed by atoms with Gasteiger partial charge in [-0.05, 0) is 43.9 Å². The van der Waals surface area contributed by atoms with Crippen LogP contribution in [0.1, 0.15) is 35.2 Å². The summed E-state index contributed by atoms with van der Waals surface area (Å²) in [4.78, 5) is 12.2. The van der Waals surface area contributed by atoms with Gasteiger partial charge in [0.05, 0.1) is 6.10 Å². The first kappa shape index (κ1) is 13.6. The van der Waals surface area contributed by atoms with Gasteiger partial charge in [-0.25, -0.2) is 0 Å². The van der Waals surface area contributed by atoms with Crippen molar-refractivity contribution in [2.24, 2.45) is 0 Å². The van der Waals surface area contributed by atoms with E-state index in [1.54, 1.807) is 7.11 Å². The zero-order chi connectivity index (χ0) is 13.1.